The van der Waals surface area contributed by atoms with E-state index in [1.807, 2.05) is 87.4 Å². The SMILES string of the molecule is C/C1=C2N=C(/C=C3\N/C(=C(/C)C4=N[C@@](C)(C5N=C1[C@](C)(CCC(=O)NC[C@H](C)OP(=O)(O)O[C@H]1[C@@H](O)[C@@H](n6cnc7cc(C)c(C)cc76)O[C@@H]1CO)[C@H]5CC(N)=O)[C@@](C)(CC(N)=O)[C@@H]4CCC(N)=O)[C@@](C)(CC(N)=O)[C@@H]3CCC(N)=O)C(C)(C)[C@@H]/2CCC(N)=O.[60Co+3].[C-]#N. The van der Waals surface area contributed by atoms with Crippen LogP contribution >= 0.6 is 7.82 Å². The molecule has 17 N–H and O–H groups in total. The number of amides is 7. The average Bonchev–Trinajstić information content (AvgIpc) is 1.53. The number of aliphatic hydroxyl groups is 2. The van der Waals surface area contributed by atoms with Crippen LogP contribution in [0.15, 0.2) is 67.8 Å². The van der Waals surface area contributed by atoms with Gasteiger partial charge in [-0.2, -0.15) is 0 Å². The Morgan fingerprint density at radius 2 is 1.40 bits per heavy atom. The molecule has 30 heteroatoms. The molecule has 0 radical (unpaired) electrons. The fourth-order valence-electron chi connectivity index (χ4n) is 15.4. The molecule has 0 spiro atoms. The number of rotatable bonds is 26. The van der Waals surface area contributed by atoms with Crippen LogP contribution in [-0.4, -0.2) is 132 Å². The van der Waals surface area contributed by atoms with Crippen LogP contribution in [0.5, 0.6) is 0 Å². The van der Waals surface area contributed by atoms with Crippen molar-refractivity contribution in [1.82, 2.24) is 20.2 Å². The second-order valence-electron chi connectivity index (χ2n) is 27.1. The molecule has 6 aliphatic heterocycles. The molecule has 28 nitrogen and oxygen atoms in total. The summed E-state index contributed by atoms with van der Waals surface area (Å²) in [4.78, 5) is 126. The summed E-state index contributed by atoms with van der Waals surface area (Å²) in [7, 11) is -5.07. The number of nitrogens with one attached hydrogen (secondary N) is 2. The molecule has 8 rings (SSSR count). The Morgan fingerprint density at radius 1 is 0.817 bits per heavy atom. The quantitative estimate of drug-likeness (QED) is 0.0475. The van der Waals surface area contributed by atoms with E-state index in [0.29, 0.717) is 56.4 Å². The zero-order chi connectivity index (χ0) is 68.7. The summed E-state index contributed by atoms with van der Waals surface area (Å²) < 4.78 is 32.3. The molecule has 2 unspecified atom stereocenters. The summed E-state index contributed by atoms with van der Waals surface area (Å²) >= 11 is 0. The fourth-order valence-corrected chi connectivity index (χ4v) is 16.6. The molecule has 2 aromatic rings. The summed E-state index contributed by atoms with van der Waals surface area (Å²) in [5.41, 5.74) is 37.4. The number of fused-ring (bicyclic) bond motifs is 7. The van der Waals surface area contributed by atoms with Gasteiger partial charge in [0.25, 0.3) is 0 Å². The number of nitrogens with zero attached hydrogens (tertiary/aromatic N) is 6. The Labute approximate surface area is 551 Å². The number of aliphatic hydroxyl groups excluding tert-OH is 2. The second-order valence-corrected chi connectivity index (χ2v) is 28.4. The third-order valence-electron chi connectivity index (χ3n) is 20.6. The van der Waals surface area contributed by atoms with Crippen molar-refractivity contribution < 1.29 is 83.8 Å². The van der Waals surface area contributed by atoms with Crippen molar-refractivity contribution >= 4 is 77.3 Å². The van der Waals surface area contributed by atoms with Gasteiger partial charge in [0.15, 0.2) is 6.23 Å². The Kier molecular flexibility index (Phi) is 23.0. The minimum absolute atomic E-state index is 0. The van der Waals surface area contributed by atoms with E-state index in [2.05, 4.69) is 15.6 Å². The zero-order valence-corrected chi connectivity index (χ0v) is 56.5. The first kappa shape index (κ1) is 75.0. The van der Waals surface area contributed by atoms with Crippen LogP contribution in [0.25, 0.3) is 11.0 Å². The van der Waals surface area contributed by atoms with Crippen LogP contribution in [0.2, 0.25) is 0 Å². The number of hydrogen-bond donors (Lipinski definition) is 11. The van der Waals surface area contributed by atoms with E-state index in [1.54, 1.807) is 4.57 Å². The third kappa shape index (κ3) is 14.6. The van der Waals surface area contributed by atoms with Gasteiger partial charge < -0.3 is 81.3 Å². The minimum atomic E-state index is -5.07. The molecule has 0 saturated carbocycles. The van der Waals surface area contributed by atoms with Crippen LogP contribution in [0.1, 0.15) is 150 Å². The maximum atomic E-state index is 14.4. The number of carbonyl (C=O) groups excluding carboxylic acids is 7. The van der Waals surface area contributed by atoms with Gasteiger partial charge in [-0.25, -0.2) is 9.55 Å². The summed E-state index contributed by atoms with van der Waals surface area (Å²) in [6.07, 6.45) is -4.26. The molecule has 508 valence electrons. The molecular weight excluding hydrogens is 1270 g/mol. The van der Waals surface area contributed by atoms with Crippen molar-refractivity contribution in [2.45, 2.75) is 189 Å². The van der Waals surface area contributed by atoms with Crippen LogP contribution < -0.4 is 45.0 Å². The maximum absolute atomic E-state index is 14.4. The van der Waals surface area contributed by atoms with E-state index < -0.39 is 143 Å². The van der Waals surface area contributed by atoms with E-state index in [4.69, 9.17) is 75.0 Å². The standard InChI is InChI=1S/C62H90N13O14P.CN.Co/c1-29-20-39-40(21-30(29)2)75(28-70-39)57-52(84)53(41(27-76)87-57)89-90(85,86)88-31(3)26-69-49(83)18-19-59(8)37(22-46(66)80)56-62(11)61(10,25-48(68)82)36(14-17-45(65)79)51(74-62)33(5)55-60(9,24-47(67)81)34(12-15-43(63)77)38(71-55)23-42-58(6,7)35(13-16-44(64)78)50(72-42)32(4)54(59)73-56;1-2;/h20-21,23,28,31,34-37,41,52-53,56-57,71,76,84H,12-19,22,24-27H2,1-11H3,(H2,63,77)(H2,64,78)(H2,65,79)(H2,66,80)(H2,67,81)(H2,68,82)(H,69,83)(H,85,86);;/q;-1;+3/b38-23-,50-32-,55-33-;;/t31-,34+,35+,36+,37-,41+,52+,53+,56?,57-,59+,60-,61-,62-;;/m0../s1/i;;1+1. The van der Waals surface area contributed by atoms with E-state index >= 15 is 0 Å². The number of hydrogen-bond acceptors (Lipinski definition) is 19. The molecule has 6 aliphatic rings. The molecule has 7 heterocycles. The summed E-state index contributed by atoms with van der Waals surface area (Å²) in [6, 6.07) is 2.70. The molecule has 93 heavy (non-hydrogen) atoms. The van der Waals surface area contributed by atoms with E-state index in [9.17, 15) is 53.2 Å². The van der Waals surface area contributed by atoms with Crippen molar-refractivity contribution in [3.8, 4) is 0 Å². The second kappa shape index (κ2) is 28.5. The average molecular weight is 1360 g/mol. The zero-order valence-electron chi connectivity index (χ0n) is 54.5. The van der Waals surface area contributed by atoms with Crippen molar-refractivity contribution in [2.75, 3.05) is 13.2 Å². The minimum Gasteiger partial charge on any atom is -0.512 e. The van der Waals surface area contributed by atoms with Crippen LogP contribution in [-0.2, 0) is 68.7 Å². The normalized spacial score (nSPS) is 33.1. The molecule has 0 aliphatic carbocycles. The Hall–Kier alpha value is -7.00. The van der Waals surface area contributed by atoms with Gasteiger partial charge in [0.2, 0.25) is 41.4 Å². The van der Waals surface area contributed by atoms with Crippen LogP contribution in [0.4, 0.5) is 0 Å². The van der Waals surface area contributed by atoms with Gasteiger partial charge in [0.1, 0.15) is 18.3 Å². The number of ether oxygens (including phenoxy) is 1. The smallest absolute Gasteiger partial charge is 0.512 e. The molecule has 2 fully saturated rings. The Balaban J connectivity index is 0.00000453. The van der Waals surface area contributed by atoms with Gasteiger partial charge in [-0.15, -0.1) is 0 Å². The number of allylic oxidation sites excluding steroid dienone is 6. The summed E-state index contributed by atoms with van der Waals surface area (Å²) in [5, 5.41) is 34.5. The molecule has 2 saturated heterocycles. The van der Waals surface area contributed by atoms with Gasteiger partial charge in [0.05, 0.1) is 41.7 Å². The van der Waals surface area contributed by atoms with Gasteiger partial charge in [-0.05, 0) is 108 Å². The van der Waals surface area contributed by atoms with E-state index in [-0.39, 0.29) is 94.0 Å². The number of aromatic nitrogens is 2. The Morgan fingerprint density at radius 3 is 1.97 bits per heavy atom. The van der Waals surface area contributed by atoms with Crippen LogP contribution in [0, 0.1) is 71.0 Å². The number of imidazole rings is 1. The fraction of sp³-hybridized carbons (Fsp3) is 0.619. The molecule has 1 aromatic carbocycles. The van der Waals surface area contributed by atoms with Crippen molar-refractivity contribution in [3.63, 3.8) is 0 Å². The number of phosphoric acid groups is 1. The van der Waals surface area contributed by atoms with E-state index in [1.165, 1.54) is 13.3 Å². The first-order valence-corrected chi connectivity index (χ1v) is 32.3. The van der Waals surface area contributed by atoms with Gasteiger partial charge in [-0.1, -0.05) is 34.6 Å². The predicted molar refractivity (Wildman–Crippen MR) is 339 cm³/mol. The van der Waals surface area contributed by atoms with E-state index in [0.717, 1.165) is 11.1 Å². The number of primary amides is 6. The number of benzene rings is 1. The molecule has 7 amide bonds. The number of aliphatic imine (C=N–C) groups is 3. The first-order chi connectivity index (χ1) is 42.8. The van der Waals surface area contributed by atoms with Crippen molar-refractivity contribution in [2.24, 2.45) is 94.7 Å². The summed E-state index contributed by atoms with van der Waals surface area (Å²) in [5.74, 6) is -7.18. The topological polar surface area (TPSA) is 484 Å². The monoisotopic (exact) mass is 1360 g/mol. The van der Waals surface area contributed by atoms with Crippen LogP contribution in [0.3, 0.4) is 0 Å². The molecule has 15 atom stereocenters. The van der Waals surface area contributed by atoms with Crippen molar-refractivity contribution in [1.29, 1.82) is 5.26 Å². The van der Waals surface area contributed by atoms with Gasteiger partial charge >= 0.3 is 24.6 Å². The van der Waals surface area contributed by atoms with Gasteiger partial charge in [0, 0.05) is 131 Å². The number of nitrogens with two attached hydrogens (primary N) is 6. The molecule has 1 aromatic heterocycles. The largest absolute Gasteiger partial charge is 3.00 e. The van der Waals surface area contributed by atoms with Gasteiger partial charge in [-0.3, -0.25) is 57.6 Å². The predicted octanol–water partition coefficient (Wildman–Crippen LogP) is 3.26. The summed E-state index contributed by atoms with van der Waals surface area (Å²) in [6.45, 7) is 24.0. The molecular formula is C63H90CoN14O14P+2. The van der Waals surface area contributed by atoms with Crippen molar-refractivity contribution in [3.05, 3.63) is 70.5 Å². The maximum Gasteiger partial charge on any atom is 3.00 e. The number of phosphoric ester groups is 1. The number of aryl methyl sites for hydroxylation is 2. The molecule has 8 bridgehead atoms. The third-order valence-corrected chi connectivity index (χ3v) is 21.7. The number of carbonyl (C=O) groups is 7. The first-order valence-electron chi connectivity index (χ1n) is 30.8. The Bertz CT molecular complexity index is 3600.